The molecule has 6 nitrogen and oxygen atoms in total. The van der Waals surface area contributed by atoms with E-state index >= 15 is 0 Å². The van der Waals surface area contributed by atoms with Crippen molar-refractivity contribution in [3.63, 3.8) is 0 Å². The summed E-state index contributed by atoms with van der Waals surface area (Å²) in [6.45, 7) is 4.10. The van der Waals surface area contributed by atoms with Crippen LogP contribution in [0.2, 0.25) is 5.02 Å². The normalized spacial score (nSPS) is 17.7. The Kier molecular flexibility index (Phi) is 5.62. The van der Waals surface area contributed by atoms with Gasteiger partial charge in [-0.1, -0.05) is 29.8 Å². The van der Waals surface area contributed by atoms with Crippen molar-refractivity contribution in [2.75, 3.05) is 32.7 Å². The van der Waals surface area contributed by atoms with Crippen molar-refractivity contribution in [2.24, 2.45) is 7.05 Å². The Labute approximate surface area is 169 Å². The van der Waals surface area contributed by atoms with E-state index in [-0.39, 0.29) is 11.9 Å². The van der Waals surface area contributed by atoms with E-state index in [4.69, 9.17) is 11.6 Å². The Hall–Kier alpha value is -2.41. The number of aromatic nitrogens is 2. The molecule has 1 saturated heterocycles. The third-order valence-electron chi connectivity index (χ3n) is 5.28. The van der Waals surface area contributed by atoms with E-state index in [1.54, 1.807) is 0 Å². The molecule has 2 heterocycles. The summed E-state index contributed by atoms with van der Waals surface area (Å²) in [4.78, 5) is 19.6. The van der Waals surface area contributed by atoms with Crippen molar-refractivity contribution >= 4 is 28.3 Å². The predicted molar refractivity (Wildman–Crippen MR) is 112 cm³/mol. The third-order valence-corrected chi connectivity index (χ3v) is 5.52. The molecule has 28 heavy (non-hydrogen) atoms. The van der Waals surface area contributed by atoms with Crippen molar-refractivity contribution in [2.45, 2.75) is 6.04 Å². The third kappa shape index (κ3) is 3.90. The van der Waals surface area contributed by atoms with Crippen LogP contribution in [0.15, 0.2) is 48.8 Å². The number of imidazole rings is 1. The van der Waals surface area contributed by atoms with Crippen molar-refractivity contribution in [1.29, 1.82) is 0 Å². The molecule has 0 saturated carbocycles. The van der Waals surface area contributed by atoms with Crippen LogP contribution >= 0.6 is 11.6 Å². The van der Waals surface area contributed by atoms with Gasteiger partial charge in [-0.3, -0.25) is 9.69 Å². The van der Waals surface area contributed by atoms with E-state index in [1.165, 1.54) is 0 Å². The lowest BCUT2D eigenvalue weighted by molar-refractivity contribution is 0.0938. The number of hydrogen-bond donors (Lipinski definition) is 2. The minimum Gasteiger partial charge on any atom is -0.351 e. The maximum atomic E-state index is 12.8. The molecule has 1 aliphatic rings. The van der Waals surface area contributed by atoms with Gasteiger partial charge in [-0.05, 0) is 29.0 Å². The zero-order chi connectivity index (χ0) is 19.5. The number of piperazine rings is 1. The molecule has 1 aromatic heterocycles. The number of rotatable bonds is 5. The second-order valence-electron chi connectivity index (χ2n) is 7.08. The molecule has 3 aromatic rings. The smallest absolute Gasteiger partial charge is 0.251 e. The molecule has 2 aromatic carbocycles. The lowest BCUT2D eigenvalue weighted by Gasteiger charge is -2.35. The highest BCUT2D eigenvalue weighted by Gasteiger charge is 2.26. The average molecular weight is 398 g/mol. The number of carbonyl (C=O) groups is 1. The van der Waals surface area contributed by atoms with E-state index in [2.05, 4.69) is 25.1 Å². The van der Waals surface area contributed by atoms with Gasteiger partial charge in [-0.15, -0.1) is 0 Å². The summed E-state index contributed by atoms with van der Waals surface area (Å²) in [5.41, 5.74) is 0.676. The number of nitrogens with one attached hydrogen (secondary N) is 2. The highest BCUT2D eigenvalue weighted by molar-refractivity contribution is 6.31. The SMILES string of the molecule is Cn1ccnc1C1CNCCN1CCNC(=O)c1cccc2cc(Cl)ccc12. The summed E-state index contributed by atoms with van der Waals surface area (Å²) in [7, 11) is 2.02. The first-order valence-corrected chi connectivity index (χ1v) is 9.90. The quantitative estimate of drug-likeness (QED) is 0.694. The molecule has 1 atom stereocenters. The summed E-state index contributed by atoms with van der Waals surface area (Å²) in [5.74, 6) is 0.987. The first-order valence-electron chi connectivity index (χ1n) is 9.52. The molecule has 1 aliphatic heterocycles. The second kappa shape index (κ2) is 8.31. The van der Waals surface area contributed by atoms with Gasteiger partial charge in [-0.2, -0.15) is 0 Å². The molecule has 0 radical (unpaired) electrons. The molecule has 4 rings (SSSR count). The zero-order valence-corrected chi connectivity index (χ0v) is 16.6. The van der Waals surface area contributed by atoms with Crippen LogP contribution in [0, 0.1) is 0 Å². The van der Waals surface area contributed by atoms with Crippen LogP contribution in [0.25, 0.3) is 10.8 Å². The number of fused-ring (bicyclic) bond motifs is 1. The van der Waals surface area contributed by atoms with Gasteiger partial charge in [0.2, 0.25) is 0 Å². The summed E-state index contributed by atoms with van der Waals surface area (Å²) >= 11 is 6.07. The van der Waals surface area contributed by atoms with Crippen LogP contribution < -0.4 is 10.6 Å². The Morgan fingerprint density at radius 3 is 3.07 bits per heavy atom. The molecular weight excluding hydrogens is 374 g/mol. The van der Waals surface area contributed by atoms with Crippen molar-refractivity contribution in [3.05, 3.63) is 65.2 Å². The number of halogens is 1. The number of hydrogen-bond acceptors (Lipinski definition) is 4. The lowest BCUT2D eigenvalue weighted by Crippen LogP contribution is -2.49. The highest BCUT2D eigenvalue weighted by Crippen LogP contribution is 2.23. The van der Waals surface area contributed by atoms with Crippen LogP contribution in [0.4, 0.5) is 0 Å². The summed E-state index contributed by atoms with van der Waals surface area (Å²) < 4.78 is 2.06. The fourth-order valence-corrected chi connectivity index (χ4v) is 4.01. The number of nitrogens with zero attached hydrogens (tertiary/aromatic N) is 3. The number of carbonyl (C=O) groups excluding carboxylic acids is 1. The molecule has 146 valence electrons. The minimum absolute atomic E-state index is 0.0587. The number of benzene rings is 2. The fourth-order valence-electron chi connectivity index (χ4n) is 3.83. The molecule has 0 spiro atoms. The maximum absolute atomic E-state index is 12.8. The summed E-state index contributed by atoms with van der Waals surface area (Å²) in [6.07, 6.45) is 3.80. The molecule has 2 N–H and O–H groups in total. The topological polar surface area (TPSA) is 62.2 Å². The molecule has 1 amide bonds. The molecule has 7 heteroatoms. The van der Waals surface area contributed by atoms with Gasteiger partial charge in [0.15, 0.2) is 0 Å². The first-order chi connectivity index (χ1) is 13.6. The first kappa shape index (κ1) is 18.9. The van der Waals surface area contributed by atoms with Crippen LogP contribution in [-0.2, 0) is 7.05 Å². The van der Waals surface area contributed by atoms with Gasteiger partial charge >= 0.3 is 0 Å². The van der Waals surface area contributed by atoms with Crippen LogP contribution in [0.5, 0.6) is 0 Å². The number of amides is 1. The van der Waals surface area contributed by atoms with Gasteiger partial charge in [0.05, 0.1) is 6.04 Å². The van der Waals surface area contributed by atoms with Gasteiger partial charge in [0, 0.05) is 62.8 Å². The monoisotopic (exact) mass is 397 g/mol. The summed E-state index contributed by atoms with van der Waals surface area (Å²) in [5, 5.41) is 9.06. The Morgan fingerprint density at radius 1 is 1.36 bits per heavy atom. The van der Waals surface area contributed by atoms with Crippen LogP contribution in [-0.4, -0.2) is 53.1 Å². The lowest BCUT2D eigenvalue weighted by atomic mass is 10.0. The van der Waals surface area contributed by atoms with Crippen LogP contribution in [0.3, 0.4) is 0 Å². The van der Waals surface area contributed by atoms with Gasteiger partial charge < -0.3 is 15.2 Å². The highest BCUT2D eigenvalue weighted by atomic mass is 35.5. The van der Waals surface area contributed by atoms with E-state index in [1.807, 2.05) is 55.8 Å². The fraction of sp³-hybridized carbons (Fsp3) is 0.333. The molecule has 1 fully saturated rings. The van der Waals surface area contributed by atoms with Crippen LogP contribution in [0.1, 0.15) is 22.2 Å². The van der Waals surface area contributed by atoms with Gasteiger partial charge in [0.1, 0.15) is 5.82 Å². The zero-order valence-electron chi connectivity index (χ0n) is 15.9. The van der Waals surface area contributed by atoms with Gasteiger partial charge in [-0.25, -0.2) is 4.98 Å². The molecule has 1 unspecified atom stereocenters. The number of aryl methyl sites for hydroxylation is 1. The molecule has 0 bridgehead atoms. The predicted octanol–water partition coefficient (Wildman–Crippen LogP) is 2.60. The van der Waals surface area contributed by atoms with E-state index in [0.29, 0.717) is 17.1 Å². The minimum atomic E-state index is -0.0587. The van der Waals surface area contributed by atoms with E-state index in [9.17, 15) is 4.79 Å². The average Bonchev–Trinajstić information content (AvgIpc) is 3.13. The largest absolute Gasteiger partial charge is 0.351 e. The Bertz CT molecular complexity index is 986. The Morgan fingerprint density at radius 2 is 2.25 bits per heavy atom. The molecular formula is C21H24ClN5O. The maximum Gasteiger partial charge on any atom is 0.251 e. The van der Waals surface area contributed by atoms with E-state index < -0.39 is 0 Å². The van der Waals surface area contributed by atoms with Gasteiger partial charge in [0.25, 0.3) is 5.91 Å². The standard InChI is InChI=1S/C21H24ClN5O/c1-26-10-8-24-20(26)19-14-23-7-11-27(19)12-9-25-21(28)18-4-2-3-15-13-16(22)5-6-17(15)18/h2-6,8,10,13,19,23H,7,9,11-12,14H2,1H3,(H,25,28). The summed E-state index contributed by atoms with van der Waals surface area (Å²) in [6, 6.07) is 11.5. The van der Waals surface area contributed by atoms with E-state index in [0.717, 1.165) is 42.8 Å². The van der Waals surface area contributed by atoms with Crippen molar-refractivity contribution < 1.29 is 4.79 Å². The Balaban J connectivity index is 1.42. The second-order valence-corrected chi connectivity index (χ2v) is 7.52. The van der Waals surface area contributed by atoms with Crippen molar-refractivity contribution in [1.82, 2.24) is 25.1 Å². The molecule has 0 aliphatic carbocycles. The van der Waals surface area contributed by atoms with Crippen molar-refractivity contribution in [3.8, 4) is 0 Å².